The van der Waals surface area contributed by atoms with Crippen molar-refractivity contribution in [2.75, 3.05) is 0 Å². The van der Waals surface area contributed by atoms with Crippen LogP contribution in [-0.2, 0) is 12.4 Å². The van der Waals surface area contributed by atoms with Crippen LogP contribution in [0.25, 0.3) is 0 Å². The minimum absolute atomic E-state index is 0.0502. The van der Waals surface area contributed by atoms with Crippen LogP contribution in [0, 0.1) is 5.92 Å². The number of hydrogen-bond donors (Lipinski definition) is 2. The predicted molar refractivity (Wildman–Crippen MR) is 84.9 cm³/mol. The van der Waals surface area contributed by atoms with E-state index in [9.17, 15) is 4.57 Å². The first-order valence-electron chi connectivity index (χ1n) is 6.48. The number of rotatable bonds is 5. The highest BCUT2D eigenvalue weighted by atomic mass is 127. The fraction of sp³-hybridized carbons (Fsp3) is 0.818. The fourth-order valence-corrected chi connectivity index (χ4v) is 3.68. The van der Waals surface area contributed by atoms with Crippen LogP contribution in [0.15, 0.2) is 11.9 Å². The molecule has 1 rings (SSSR count). The first-order chi connectivity index (χ1) is 8.78. The van der Waals surface area contributed by atoms with Gasteiger partial charge in [0.15, 0.2) is 0 Å². The summed E-state index contributed by atoms with van der Waals surface area (Å²) < 4.78 is 22.6. The predicted octanol–water partition coefficient (Wildman–Crippen LogP) is 1.97. The molecule has 1 unspecified atom stereocenters. The van der Waals surface area contributed by atoms with Crippen LogP contribution in [0.5, 0.6) is 0 Å². The second-order valence-corrected chi connectivity index (χ2v) is 7.00. The van der Waals surface area contributed by atoms with Crippen LogP contribution in [0.4, 0.5) is 0 Å². The minimum atomic E-state index is -4.19. The first kappa shape index (κ1) is 17.7. The molecule has 0 saturated carbocycles. The summed E-state index contributed by atoms with van der Waals surface area (Å²) in [5.41, 5.74) is -0.757. The molecule has 0 aromatic rings. The molecule has 0 aromatic heterocycles. The second kappa shape index (κ2) is 7.05. The van der Waals surface area contributed by atoms with Crippen molar-refractivity contribution in [3.63, 3.8) is 0 Å². The maximum Gasteiger partial charge on any atom is 0.348 e. The number of halogens is 1. The largest absolute Gasteiger partial charge is 0.374 e. The Kier molecular flexibility index (Phi) is 6.55. The SMILES string of the molecule is BC1O[C@@](/C=C/P(=O)(O)O)(CC)[C@@H](OI)C[C@H]1CC. The Bertz CT molecular complexity index is 374. The zero-order valence-corrected chi connectivity index (χ0v) is 14.5. The molecule has 1 aliphatic heterocycles. The zero-order chi connectivity index (χ0) is 14.7. The van der Waals surface area contributed by atoms with Gasteiger partial charge in [-0.1, -0.05) is 20.3 Å². The summed E-state index contributed by atoms with van der Waals surface area (Å²) in [5.74, 6) is 1.33. The van der Waals surface area contributed by atoms with Gasteiger partial charge >= 0.3 is 7.60 Å². The van der Waals surface area contributed by atoms with Gasteiger partial charge in [0.1, 0.15) is 42.6 Å². The van der Waals surface area contributed by atoms with E-state index in [2.05, 4.69) is 6.92 Å². The third-order valence-corrected chi connectivity index (χ3v) is 5.02. The van der Waals surface area contributed by atoms with E-state index in [4.69, 9.17) is 17.6 Å². The molecule has 2 N–H and O–H groups in total. The summed E-state index contributed by atoms with van der Waals surface area (Å²) in [5, 5.41) is 0. The number of hydrogen-bond acceptors (Lipinski definition) is 3. The van der Waals surface area contributed by atoms with Gasteiger partial charge in [-0.3, -0.25) is 4.57 Å². The second-order valence-electron chi connectivity index (χ2n) is 5.02. The van der Waals surface area contributed by atoms with Crippen molar-refractivity contribution in [3.8, 4) is 0 Å². The molecule has 0 amide bonds. The molecule has 0 aromatic carbocycles. The van der Waals surface area contributed by atoms with Gasteiger partial charge in [-0.15, -0.1) is 0 Å². The van der Waals surface area contributed by atoms with Gasteiger partial charge in [0.2, 0.25) is 0 Å². The van der Waals surface area contributed by atoms with E-state index in [1.54, 1.807) is 0 Å². The molecule has 0 bridgehead atoms. The average molecular weight is 402 g/mol. The van der Waals surface area contributed by atoms with E-state index >= 15 is 0 Å². The zero-order valence-electron chi connectivity index (χ0n) is 11.5. The van der Waals surface area contributed by atoms with Crippen molar-refractivity contribution in [1.82, 2.24) is 0 Å². The topological polar surface area (TPSA) is 76.0 Å². The van der Waals surface area contributed by atoms with Crippen molar-refractivity contribution in [2.24, 2.45) is 5.92 Å². The Morgan fingerprint density at radius 1 is 1.58 bits per heavy atom. The van der Waals surface area contributed by atoms with Crippen LogP contribution in [0.1, 0.15) is 33.1 Å². The van der Waals surface area contributed by atoms with Gasteiger partial charge < -0.3 is 17.6 Å². The monoisotopic (exact) mass is 402 g/mol. The smallest absolute Gasteiger partial charge is 0.348 e. The average Bonchev–Trinajstić information content (AvgIpc) is 2.35. The Morgan fingerprint density at radius 3 is 2.63 bits per heavy atom. The Morgan fingerprint density at radius 2 is 2.21 bits per heavy atom. The Hall–Kier alpha value is 0.605. The quantitative estimate of drug-likeness (QED) is 0.418. The van der Waals surface area contributed by atoms with Crippen LogP contribution in [-0.4, -0.2) is 35.3 Å². The van der Waals surface area contributed by atoms with Crippen molar-refractivity contribution < 1.29 is 22.2 Å². The fourth-order valence-electron chi connectivity index (χ4n) is 2.59. The molecule has 110 valence electrons. The van der Waals surface area contributed by atoms with Gasteiger partial charge in [0.05, 0.1) is 0 Å². The summed E-state index contributed by atoms with van der Waals surface area (Å²) in [6, 6.07) is 0.0502. The molecular formula is C11H21BIO5P. The first-order valence-corrected chi connectivity index (χ1v) is 9.05. The molecule has 0 aliphatic carbocycles. The summed E-state index contributed by atoms with van der Waals surface area (Å²) in [6.07, 6.45) is 3.74. The molecule has 1 heterocycles. The van der Waals surface area contributed by atoms with E-state index in [1.165, 1.54) is 6.08 Å². The molecular weight excluding hydrogens is 381 g/mol. The van der Waals surface area contributed by atoms with E-state index in [1.807, 2.05) is 37.8 Å². The highest BCUT2D eigenvalue weighted by molar-refractivity contribution is 14.1. The molecule has 0 radical (unpaired) electrons. The normalized spacial score (nSPS) is 36.8. The Labute approximate surface area is 129 Å². The van der Waals surface area contributed by atoms with Crippen LogP contribution in [0.3, 0.4) is 0 Å². The summed E-state index contributed by atoms with van der Waals surface area (Å²) in [6.45, 7) is 4.05. The highest BCUT2D eigenvalue weighted by Crippen LogP contribution is 2.43. The summed E-state index contributed by atoms with van der Waals surface area (Å²) in [4.78, 5) is 18.0. The Balaban J connectivity index is 3.02. The molecule has 19 heavy (non-hydrogen) atoms. The van der Waals surface area contributed by atoms with E-state index in [0.29, 0.717) is 12.3 Å². The van der Waals surface area contributed by atoms with E-state index < -0.39 is 13.2 Å². The molecule has 1 aliphatic rings. The lowest BCUT2D eigenvalue weighted by Crippen LogP contribution is -2.53. The lowest BCUT2D eigenvalue weighted by Gasteiger charge is -2.46. The third kappa shape index (κ3) is 4.54. The molecule has 5 nitrogen and oxygen atoms in total. The molecule has 8 heteroatoms. The van der Waals surface area contributed by atoms with Gasteiger partial charge in [0.25, 0.3) is 0 Å². The van der Waals surface area contributed by atoms with Crippen LogP contribution >= 0.6 is 30.6 Å². The molecule has 4 atom stereocenters. The maximum atomic E-state index is 11.0. The molecule has 1 fully saturated rings. The van der Waals surface area contributed by atoms with Crippen LogP contribution < -0.4 is 0 Å². The van der Waals surface area contributed by atoms with Crippen molar-refractivity contribution in [2.45, 2.75) is 50.8 Å². The van der Waals surface area contributed by atoms with Crippen molar-refractivity contribution in [3.05, 3.63) is 11.9 Å². The van der Waals surface area contributed by atoms with E-state index in [0.717, 1.165) is 18.7 Å². The molecule has 0 spiro atoms. The lowest BCUT2D eigenvalue weighted by atomic mass is 9.74. The van der Waals surface area contributed by atoms with Crippen LogP contribution in [0.2, 0.25) is 0 Å². The molecule has 1 saturated heterocycles. The third-order valence-electron chi connectivity index (χ3n) is 3.87. The van der Waals surface area contributed by atoms with E-state index in [-0.39, 0.29) is 12.1 Å². The highest BCUT2D eigenvalue weighted by Gasteiger charge is 2.45. The van der Waals surface area contributed by atoms with Crippen molar-refractivity contribution >= 4 is 38.4 Å². The summed E-state index contributed by atoms with van der Waals surface area (Å²) in [7, 11) is -2.18. The van der Waals surface area contributed by atoms with Gasteiger partial charge in [-0.25, -0.2) is 0 Å². The van der Waals surface area contributed by atoms with Gasteiger partial charge in [-0.2, -0.15) is 0 Å². The standard InChI is InChI=1S/C11H21BIO5P/c1-3-8-7-9(18-13)11(4-2,17-10(8)12)5-6-19(14,15)16/h5-6,8-10H,3-4,7,12H2,1-2H3,(H2,14,15,16)/b6-5+/t8-,9+,10?,11-/m1/s1. The van der Waals surface area contributed by atoms with Gasteiger partial charge in [-0.05, 0) is 24.8 Å². The summed E-state index contributed by atoms with van der Waals surface area (Å²) >= 11 is 1.84. The maximum absolute atomic E-state index is 11.0. The van der Waals surface area contributed by atoms with Crippen molar-refractivity contribution in [1.29, 1.82) is 0 Å². The lowest BCUT2D eigenvalue weighted by molar-refractivity contribution is -0.144. The number of ether oxygens (including phenoxy) is 1. The van der Waals surface area contributed by atoms with Gasteiger partial charge in [0, 0.05) is 11.8 Å². The minimum Gasteiger partial charge on any atom is -0.374 e.